The first-order valence-electron chi connectivity index (χ1n) is 7.37. The summed E-state index contributed by atoms with van der Waals surface area (Å²) in [5.74, 6) is -2.44. The van der Waals surface area contributed by atoms with Crippen LogP contribution in [0.4, 0.5) is 4.39 Å². The first-order chi connectivity index (χ1) is 11.2. The van der Waals surface area contributed by atoms with Gasteiger partial charge in [0.1, 0.15) is 17.1 Å². The van der Waals surface area contributed by atoms with E-state index in [1.54, 1.807) is 0 Å². The molecule has 0 fully saturated rings. The Bertz CT molecular complexity index is 698. The van der Waals surface area contributed by atoms with Crippen molar-refractivity contribution in [3.8, 4) is 0 Å². The average Bonchev–Trinajstić information content (AvgIpc) is 2.51. The summed E-state index contributed by atoms with van der Waals surface area (Å²) in [6.07, 6.45) is 0.237. The normalized spacial score (nSPS) is 15.0. The van der Waals surface area contributed by atoms with Gasteiger partial charge >= 0.3 is 5.97 Å². The molecule has 0 spiro atoms. The predicted octanol–water partition coefficient (Wildman–Crippen LogP) is 1.28. The quantitative estimate of drug-likeness (QED) is 0.847. The second-order valence-electron chi connectivity index (χ2n) is 6.01. The summed E-state index contributed by atoms with van der Waals surface area (Å²) in [4.78, 5) is 35.2. The molecule has 2 rings (SSSR count). The van der Waals surface area contributed by atoms with Crippen molar-refractivity contribution in [1.29, 1.82) is 0 Å². The number of hydrogen-bond acceptors (Lipinski definition) is 4. The number of benzene rings is 1. The Hall–Kier alpha value is -2.77. The Morgan fingerprint density at radius 1 is 1.29 bits per heavy atom. The van der Waals surface area contributed by atoms with E-state index in [-0.39, 0.29) is 36.8 Å². The van der Waals surface area contributed by atoms with Crippen LogP contribution in [0.5, 0.6) is 0 Å². The molecule has 128 valence electrons. The van der Waals surface area contributed by atoms with Crippen molar-refractivity contribution < 1.29 is 23.9 Å². The fraction of sp³-hybridized carbons (Fsp3) is 0.375. The summed E-state index contributed by atoms with van der Waals surface area (Å²) in [6.45, 7) is 2.83. The summed E-state index contributed by atoms with van der Waals surface area (Å²) in [5, 5.41) is 16.6. The molecule has 8 heteroatoms. The molecule has 0 radical (unpaired) electrons. The van der Waals surface area contributed by atoms with E-state index in [9.17, 15) is 18.8 Å². The van der Waals surface area contributed by atoms with Gasteiger partial charge in [-0.1, -0.05) is 12.1 Å². The van der Waals surface area contributed by atoms with Crippen LogP contribution in [0, 0.1) is 5.82 Å². The topological polar surface area (TPSA) is 99.1 Å². The second-order valence-corrected chi connectivity index (χ2v) is 6.01. The first-order valence-corrected chi connectivity index (χ1v) is 7.37. The van der Waals surface area contributed by atoms with E-state index in [4.69, 9.17) is 5.11 Å². The molecule has 1 aromatic carbocycles. The molecular formula is C16H18FN3O4. The van der Waals surface area contributed by atoms with Crippen LogP contribution in [0.3, 0.4) is 0 Å². The van der Waals surface area contributed by atoms with Gasteiger partial charge in [-0.2, -0.15) is 5.10 Å². The fourth-order valence-corrected chi connectivity index (χ4v) is 2.06. The largest absolute Gasteiger partial charge is 0.480 e. The van der Waals surface area contributed by atoms with Gasteiger partial charge in [0, 0.05) is 12.8 Å². The smallest absolute Gasteiger partial charge is 0.328 e. The molecule has 0 aromatic heterocycles. The number of carbonyl (C=O) groups is 3. The first kappa shape index (κ1) is 17.6. The maximum atomic E-state index is 12.9. The monoisotopic (exact) mass is 335 g/mol. The van der Waals surface area contributed by atoms with Gasteiger partial charge < -0.3 is 10.4 Å². The molecule has 2 amide bonds. The zero-order valence-corrected chi connectivity index (χ0v) is 13.4. The van der Waals surface area contributed by atoms with Crippen molar-refractivity contribution in [2.24, 2.45) is 5.10 Å². The van der Waals surface area contributed by atoms with Gasteiger partial charge in [-0.15, -0.1) is 0 Å². The van der Waals surface area contributed by atoms with Crippen LogP contribution in [-0.2, 0) is 20.9 Å². The van der Waals surface area contributed by atoms with E-state index >= 15 is 0 Å². The van der Waals surface area contributed by atoms with Crippen LogP contribution in [0.15, 0.2) is 29.4 Å². The molecular weight excluding hydrogens is 317 g/mol. The van der Waals surface area contributed by atoms with Crippen molar-refractivity contribution in [3.63, 3.8) is 0 Å². The molecule has 2 N–H and O–H groups in total. The third kappa shape index (κ3) is 4.15. The minimum absolute atomic E-state index is 0.0889. The molecule has 24 heavy (non-hydrogen) atoms. The van der Waals surface area contributed by atoms with Crippen LogP contribution in [0.25, 0.3) is 0 Å². The van der Waals surface area contributed by atoms with Crippen LogP contribution < -0.4 is 5.32 Å². The fourth-order valence-electron chi connectivity index (χ4n) is 2.06. The predicted molar refractivity (Wildman–Crippen MR) is 83.5 cm³/mol. The summed E-state index contributed by atoms with van der Waals surface area (Å²) < 4.78 is 12.9. The average molecular weight is 335 g/mol. The Balaban J connectivity index is 2.13. The lowest BCUT2D eigenvalue weighted by atomic mass is 10.0. The lowest BCUT2D eigenvalue weighted by Gasteiger charge is -2.26. The molecule has 1 aliphatic heterocycles. The second kappa shape index (κ2) is 6.77. The third-order valence-electron chi connectivity index (χ3n) is 3.57. The lowest BCUT2D eigenvalue weighted by molar-refractivity contribution is -0.145. The van der Waals surface area contributed by atoms with E-state index in [1.165, 1.54) is 38.1 Å². The number of amides is 2. The zero-order valence-electron chi connectivity index (χ0n) is 13.4. The molecule has 1 aliphatic rings. The Labute approximate surface area is 138 Å². The maximum absolute atomic E-state index is 12.9. The van der Waals surface area contributed by atoms with E-state index in [1.807, 2.05) is 0 Å². The number of hydrazone groups is 1. The molecule has 1 heterocycles. The van der Waals surface area contributed by atoms with Crippen molar-refractivity contribution in [2.75, 3.05) is 0 Å². The summed E-state index contributed by atoms with van der Waals surface area (Å²) in [5.41, 5.74) is -0.685. The van der Waals surface area contributed by atoms with Crippen LogP contribution >= 0.6 is 0 Å². The number of carboxylic acids is 1. The van der Waals surface area contributed by atoms with Gasteiger partial charge in [0.05, 0.1) is 6.54 Å². The van der Waals surface area contributed by atoms with Crippen molar-refractivity contribution in [1.82, 2.24) is 10.3 Å². The van der Waals surface area contributed by atoms with Crippen LogP contribution in [0.2, 0.25) is 0 Å². The minimum Gasteiger partial charge on any atom is -0.480 e. The summed E-state index contributed by atoms with van der Waals surface area (Å²) >= 11 is 0. The number of nitrogens with zero attached hydrogens (tertiary/aromatic N) is 2. The zero-order chi connectivity index (χ0) is 17.9. The maximum Gasteiger partial charge on any atom is 0.328 e. The highest BCUT2D eigenvalue weighted by atomic mass is 19.1. The van der Waals surface area contributed by atoms with Gasteiger partial charge in [-0.25, -0.2) is 14.2 Å². The Morgan fingerprint density at radius 2 is 1.92 bits per heavy atom. The Morgan fingerprint density at radius 3 is 2.50 bits per heavy atom. The highest BCUT2D eigenvalue weighted by Gasteiger charge is 2.32. The molecule has 0 unspecified atom stereocenters. The molecule has 1 aromatic rings. The van der Waals surface area contributed by atoms with Gasteiger partial charge in [0.15, 0.2) is 0 Å². The van der Waals surface area contributed by atoms with Gasteiger partial charge in [0.2, 0.25) is 5.91 Å². The van der Waals surface area contributed by atoms with Crippen LogP contribution in [0.1, 0.15) is 32.3 Å². The highest BCUT2D eigenvalue weighted by Crippen LogP contribution is 2.15. The molecule has 0 bridgehead atoms. The van der Waals surface area contributed by atoms with Crippen molar-refractivity contribution >= 4 is 23.5 Å². The molecule has 0 atom stereocenters. The van der Waals surface area contributed by atoms with E-state index in [2.05, 4.69) is 10.4 Å². The number of nitrogens with one attached hydrogen (secondary N) is 1. The minimum atomic E-state index is -1.44. The van der Waals surface area contributed by atoms with E-state index < -0.39 is 17.4 Å². The molecule has 0 saturated carbocycles. The van der Waals surface area contributed by atoms with Crippen LogP contribution in [-0.4, -0.2) is 39.1 Å². The molecule has 7 nitrogen and oxygen atoms in total. The number of carbonyl (C=O) groups excluding carboxylic acids is 2. The number of aliphatic carboxylic acids is 1. The number of rotatable bonds is 5. The summed E-state index contributed by atoms with van der Waals surface area (Å²) in [6, 6.07) is 5.60. The van der Waals surface area contributed by atoms with Crippen molar-refractivity contribution in [2.45, 2.75) is 38.8 Å². The summed E-state index contributed by atoms with van der Waals surface area (Å²) in [7, 11) is 0. The number of halogens is 1. The number of hydrogen-bond donors (Lipinski definition) is 2. The van der Waals surface area contributed by atoms with Crippen molar-refractivity contribution in [3.05, 3.63) is 35.6 Å². The van der Waals surface area contributed by atoms with E-state index in [0.717, 1.165) is 5.01 Å². The van der Waals surface area contributed by atoms with Gasteiger partial charge in [-0.05, 0) is 31.5 Å². The Kier molecular flexibility index (Phi) is 4.96. The standard InChI is InChI=1S/C16H18FN3O4/c1-16(2,15(23)24)18-14(22)12-7-8-13(21)20(19-12)9-10-3-5-11(17)6-4-10/h3-6H,7-9H2,1-2H3,(H,18,22)(H,23,24). The van der Waals surface area contributed by atoms with Gasteiger partial charge in [-0.3, -0.25) is 9.59 Å². The lowest BCUT2D eigenvalue weighted by Crippen LogP contribution is -2.52. The van der Waals surface area contributed by atoms with Gasteiger partial charge in [0.25, 0.3) is 5.91 Å². The third-order valence-corrected chi connectivity index (χ3v) is 3.57. The number of carboxylic acid groups (broad SMARTS) is 1. The highest BCUT2D eigenvalue weighted by molar-refractivity contribution is 6.40. The SMILES string of the molecule is CC(C)(NC(=O)C1=NN(Cc2ccc(F)cc2)C(=O)CC1)C(=O)O. The molecule has 0 saturated heterocycles. The molecule has 0 aliphatic carbocycles. The van der Waals surface area contributed by atoms with E-state index in [0.29, 0.717) is 5.56 Å².